The molecule has 0 aliphatic carbocycles. The van der Waals surface area contributed by atoms with Crippen molar-refractivity contribution in [1.29, 1.82) is 0 Å². The normalized spacial score (nSPS) is 12.1. The molecule has 0 bridgehead atoms. The maximum absolute atomic E-state index is 5.95. The Bertz CT molecular complexity index is 507. The van der Waals surface area contributed by atoms with Gasteiger partial charge in [0.15, 0.2) is 0 Å². The minimum Gasteiger partial charge on any atom is -0.492 e. The maximum Gasteiger partial charge on any atom is 0.119 e. The zero-order valence-electron chi connectivity index (χ0n) is 13.0. The second-order valence-corrected chi connectivity index (χ2v) is 5.23. The molecule has 2 rings (SSSR count). The second-order valence-electron chi connectivity index (χ2n) is 5.23. The molecule has 112 valence electrons. The fraction of sp³-hybridized carbons (Fsp3) is 0.368. The van der Waals surface area contributed by atoms with Crippen LogP contribution in [0.15, 0.2) is 54.6 Å². The third-order valence-corrected chi connectivity index (χ3v) is 3.53. The lowest BCUT2D eigenvalue weighted by Gasteiger charge is -2.19. The zero-order chi connectivity index (χ0) is 14.9. The summed E-state index contributed by atoms with van der Waals surface area (Å²) in [7, 11) is 0. The summed E-state index contributed by atoms with van der Waals surface area (Å²) in [6, 6.07) is 19.1. The SMILES string of the molecule is CCCc1ccc(OCC(NCC)c2ccccc2)cc1. The molecule has 2 aromatic carbocycles. The van der Waals surface area contributed by atoms with Gasteiger partial charge in [0, 0.05) is 0 Å². The Labute approximate surface area is 128 Å². The Kier molecular flexibility index (Phi) is 6.29. The van der Waals surface area contributed by atoms with E-state index in [1.807, 2.05) is 6.07 Å². The molecule has 2 aromatic rings. The van der Waals surface area contributed by atoms with Crippen molar-refractivity contribution >= 4 is 0 Å². The van der Waals surface area contributed by atoms with Crippen LogP contribution in [0.25, 0.3) is 0 Å². The summed E-state index contributed by atoms with van der Waals surface area (Å²) in [6.07, 6.45) is 2.31. The molecule has 2 nitrogen and oxygen atoms in total. The van der Waals surface area contributed by atoms with Crippen molar-refractivity contribution in [2.24, 2.45) is 0 Å². The standard InChI is InChI=1S/C19H25NO/c1-3-8-16-11-13-18(14-12-16)21-15-19(20-4-2)17-9-6-5-7-10-17/h5-7,9-14,19-20H,3-4,8,15H2,1-2H3. The van der Waals surface area contributed by atoms with Crippen molar-refractivity contribution in [2.75, 3.05) is 13.2 Å². The highest BCUT2D eigenvalue weighted by Crippen LogP contribution is 2.17. The van der Waals surface area contributed by atoms with Crippen molar-refractivity contribution in [3.05, 3.63) is 65.7 Å². The van der Waals surface area contributed by atoms with E-state index < -0.39 is 0 Å². The van der Waals surface area contributed by atoms with Crippen LogP contribution < -0.4 is 10.1 Å². The highest BCUT2D eigenvalue weighted by atomic mass is 16.5. The van der Waals surface area contributed by atoms with E-state index in [2.05, 4.69) is 67.7 Å². The van der Waals surface area contributed by atoms with E-state index in [4.69, 9.17) is 4.74 Å². The second kappa shape index (κ2) is 8.48. The van der Waals surface area contributed by atoms with Crippen LogP contribution in [0.4, 0.5) is 0 Å². The summed E-state index contributed by atoms with van der Waals surface area (Å²) in [4.78, 5) is 0. The van der Waals surface area contributed by atoms with Gasteiger partial charge in [0.05, 0.1) is 6.04 Å². The topological polar surface area (TPSA) is 21.3 Å². The average Bonchev–Trinajstić information content (AvgIpc) is 2.54. The van der Waals surface area contributed by atoms with Crippen LogP contribution in [0, 0.1) is 0 Å². The van der Waals surface area contributed by atoms with Gasteiger partial charge in [-0.1, -0.05) is 62.7 Å². The molecule has 1 N–H and O–H groups in total. The van der Waals surface area contributed by atoms with Crippen LogP contribution in [-0.2, 0) is 6.42 Å². The van der Waals surface area contributed by atoms with E-state index in [0.29, 0.717) is 6.61 Å². The minimum absolute atomic E-state index is 0.228. The highest BCUT2D eigenvalue weighted by Gasteiger charge is 2.10. The Hall–Kier alpha value is -1.80. The van der Waals surface area contributed by atoms with E-state index in [1.165, 1.54) is 17.5 Å². The Balaban J connectivity index is 1.95. The highest BCUT2D eigenvalue weighted by molar-refractivity contribution is 5.27. The van der Waals surface area contributed by atoms with Crippen LogP contribution in [0.2, 0.25) is 0 Å². The van der Waals surface area contributed by atoms with E-state index >= 15 is 0 Å². The summed E-state index contributed by atoms with van der Waals surface area (Å²) in [6.45, 7) is 5.89. The summed E-state index contributed by atoms with van der Waals surface area (Å²) < 4.78 is 5.95. The molecule has 0 spiro atoms. The smallest absolute Gasteiger partial charge is 0.119 e. The molecule has 0 saturated heterocycles. The summed E-state index contributed by atoms with van der Waals surface area (Å²) >= 11 is 0. The molecule has 0 heterocycles. The lowest BCUT2D eigenvalue weighted by Crippen LogP contribution is -2.26. The van der Waals surface area contributed by atoms with Gasteiger partial charge in [-0.25, -0.2) is 0 Å². The van der Waals surface area contributed by atoms with Gasteiger partial charge in [0.1, 0.15) is 12.4 Å². The van der Waals surface area contributed by atoms with Crippen LogP contribution >= 0.6 is 0 Å². The third kappa shape index (κ3) is 4.91. The fourth-order valence-corrected chi connectivity index (χ4v) is 2.43. The van der Waals surface area contributed by atoms with Gasteiger partial charge < -0.3 is 10.1 Å². The quantitative estimate of drug-likeness (QED) is 0.777. The molecular formula is C19H25NO. The van der Waals surface area contributed by atoms with Gasteiger partial charge in [-0.3, -0.25) is 0 Å². The zero-order valence-corrected chi connectivity index (χ0v) is 13.0. The Morgan fingerprint density at radius 3 is 2.29 bits per heavy atom. The molecule has 1 atom stereocenters. The summed E-state index contributed by atoms with van der Waals surface area (Å²) in [5.41, 5.74) is 2.64. The molecule has 21 heavy (non-hydrogen) atoms. The molecular weight excluding hydrogens is 258 g/mol. The number of rotatable bonds is 8. The Morgan fingerprint density at radius 1 is 0.952 bits per heavy atom. The molecule has 0 aliphatic rings. The number of likely N-dealkylation sites (N-methyl/N-ethyl adjacent to an activating group) is 1. The largest absolute Gasteiger partial charge is 0.492 e. The first-order valence-electron chi connectivity index (χ1n) is 7.83. The van der Waals surface area contributed by atoms with Gasteiger partial charge in [0.2, 0.25) is 0 Å². The summed E-state index contributed by atoms with van der Waals surface area (Å²) in [5, 5.41) is 3.48. The lowest BCUT2D eigenvalue weighted by atomic mass is 10.1. The fourth-order valence-electron chi connectivity index (χ4n) is 2.43. The van der Waals surface area contributed by atoms with Crippen LogP contribution in [0.3, 0.4) is 0 Å². The average molecular weight is 283 g/mol. The number of nitrogens with one attached hydrogen (secondary N) is 1. The van der Waals surface area contributed by atoms with Gasteiger partial charge in [-0.2, -0.15) is 0 Å². The molecule has 2 heteroatoms. The van der Waals surface area contributed by atoms with E-state index in [1.54, 1.807) is 0 Å². The van der Waals surface area contributed by atoms with Gasteiger partial charge in [0.25, 0.3) is 0 Å². The first-order valence-corrected chi connectivity index (χ1v) is 7.83. The van der Waals surface area contributed by atoms with Crippen LogP contribution in [-0.4, -0.2) is 13.2 Å². The molecule has 0 amide bonds. The molecule has 0 aromatic heterocycles. The number of ether oxygens (including phenoxy) is 1. The van der Waals surface area contributed by atoms with Gasteiger partial charge in [-0.05, 0) is 36.2 Å². The van der Waals surface area contributed by atoms with Crippen molar-refractivity contribution < 1.29 is 4.74 Å². The minimum atomic E-state index is 0.228. The van der Waals surface area contributed by atoms with Crippen LogP contribution in [0.1, 0.15) is 37.4 Å². The van der Waals surface area contributed by atoms with E-state index in [0.717, 1.165) is 18.7 Å². The first-order chi connectivity index (χ1) is 10.3. The number of aryl methyl sites for hydroxylation is 1. The van der Waals surface area contributed by atoms with Gasteiger partial charge >= 0.3 is 0 Å². The van der Waals surface area contributed by atoms with Gasteiger partial charge in [-0.15, -0.1) is 0 Å². The first kappa shape index (κ1) is 15.6. The monoisotopic (exact) mass is 283 g/mol. The number of hydrogen-bond acceptors (Lipinski definition) is 2. The van der Waals surface area contributed by atoms with Crippen molar-refractivity contribution in [1.82, 2.24) is 5.32 Å². The van der Waals surface area contributed by atoms with E-state index in [9.17, 15) is 0 Å². The Morgan fingerprint density at radius 2 is 1.67 bits per heavy atom. The maximum atomic E-state index is 5.95. The predicted molar refractivity (Wildman–Crippen MR) is 88.8 cm³/mol. The van der Waals surface area contributed by atoms with Crippen molar-refractivity contribution in [3.63, 3.8) is 0 Å². The predicted octanol–water partition coefficient (Wildman–Crippen LogP) is 4.37. The molecule has 0 radical (unpaired) electrons. The third-order valence-electron chi connectivity index (χ3n) is 3.53. The lowest BCUT2D eigenvalue weighted by molar-refractivity contribution is 0.268. The molecule has 0 fully saturated rings. The van der Waals surface area contributed by atoms with E-state index in [-0.39, 0.29) is 6.04 Å². The molecule has 0 aliphatic heterocycles. The number of benzene rings is 2. The van der Waals surface area contributed by atoms with Crippen molar-refractivity contribution in [2.45, 2.75) is 32.7 Å². The number of hydrogen-bond donors (Lipinski definition) is 1. The van der Waals surface area contributed by atoms with Crippen molar-refractivity contribution in [3.8, 4) is 5.75 Å². The van der Waals surface area contributed by atoms with Crippen LogP contribution in [0.5, 0.6) is 5.75 Å². The summed E-state index contributed by atoms with van der Waals surface area (Å²) in [5.74, 6) is 0.939. The molecule has 1 unspecified atom stereocenters. The molecule has 0 saturated carbocycles.